The van der Waals surface area contributed by atoms with Crippen molar-refractivity contribution in [2.24, 2.45) is 0 Å². The molecule has 1 aromatic carbocycles. The number of ether oxygens (including phenoxy) is 1. The van der Waals surface area contributed by atoms with Gasteiger partial charge in [-0.25, -0.2) is 0 Å². The molecular weight excluding hydrogens is 373 g/mol. The molecule has 0 bridgehead atoms. The minimum atomic E-state index is -0.383. The number of hydrogen-bond donors (Lipinski definition) is 0. The fourth-order valence-electron chi connectivity index (χ4n) is 5.21. The Morgan fingerprint density at radius 1 is 0.833 bits per heavy atom. The van der Waals surface area contributed by atoms with E-state index in [1.54, 1.807) is 0 Å². The molecule has 1 saturated heterocycles. The lowest BCUT2D eigenvalue weighted by atomic mass is 9.80. The van der Waals surface area contributed by atoms with Crippen molar-refractivity contribution in [3.8, 4) is 11.3 Å². The van der Waals surface area contributed by atoms with Crippen LogP contribution in [0.1, 0.15) is 78.4 Å². The highest BCUT2D eigenvalue weighted by atomic mass is 16.7. The number of pyridine rings is 1. The minimum absolute atomic E-state index is 0.0780. The summed E-state index contributed by atoms with van der Waals surface area (Å²) < 4.78 is 18.9. The summed E-state index contributed by atoms with van der Waals surface area (Å²) in [4.78, 5) is 4.75. The normalized spacial score (nSPS) is 25.1. The van der Waals surface area contributed by atoms with Gasteiger partial charge in [0.1, 0.15) is 0 Å². The number of benzene rings is 1. The summed E-state index contributed by atoms with van der Waals surface area (Å²) in [6.07, 6.45) is 6.64. The molecule has 0 atom stereocenters. The van der Waals surface area contributed by atoms with E-state index in [0.717, 1.165) is 29.6 Å². The van der Waals surface area contributed by atoms with Gasteiger partial charge in [0, 0.05) is 17.2 Å². The van der Waals surface area contributed by atoms with E-state index in [-0.39, 0.29) is 29.5 Å². The van der Waals surface area contributed by atoms with Crippen molar-refractivity contribution in [2.45, 2.75) is 89.6 Å². The summed E-state index contributed by atoms with van der Waals surface area (Å²) in [5, 5.41) is 0. The summed E-state index contributed by atoms with van der Waals surface area (Å²) >= 11 is 0. The summed E-state index contributed by atoms with van der Waals surface area (Å²) in [6.45, 7) is 12.7. The first-order chi connectivity index (χ1) is 14.0. The van der Waals surface area contributed by atoms with Gasteiger partial charge < -0.3 is 14.0 Å². The van der Waals surface area contributed by atoms with E-state index >= 15 is 0 Å². The maximum atomic E-state index is 6.63. The first-order valence-corrected chi connectivity index (χ1v) is 11.2. The number of hydrogen-bond acceptors (Lipinski definition) is 4. The third-order valence-corrected chi connectivity index (χ3v) is 7.63. The van der Waals surface area contributed by atoms with Crippen molar-refractivity contribution in [3.05, 3.63) is 47.7 Å². The predicted molar refractivity (Wildman–Crippen MR) is 120 cm³/mol. The maximum absolute atomic E-state index is 6.63. The van der Waals surface area contributed by atoms with Crippen LogP contribution in [0.4, 0.5) is 0 Å². The topological polar surface area (TPSA) is 40.6 Å². The Kier molecular flexibility index (Phi) is 4.32. The quantitative estimate of drug-likeness (QED) is 0.654. The van der Waals surface area contributed by atoms with Gasteiger partial charge >= 0.3 is 7.12 Å². The predicted octanol–water partition coefficient (Wildman–Crippen LogP) is 5.08. The highest BCUT2D eigenvalue weighted by Gasteiger charge is 2.52. The maximum Gasteiger partial charge on any atom is 0.496 e. The zero-order valence-corrected chi connectivity index (χ0v) is 19.0. The Balaban J connectivity index is 1.44. The van der Waals surface area contributed by atoms with Crippen LogP contribution in [0.2, 0.25) is 0 Å². The van der Waals surface area contributed by atoms with Gasteiger partial charge in [-0.05, 0) is 77.6 Å². The lowest BCUT2D eigenvalue weighted by Crippen LogP contribution is -2.41. The summed E-state index contributed by atoms with van der Waals surface area (Å²) in [5.41, 5.74) is 4.68. The second kappa shape index (κ2) is 6.41. The largest absolute Gasteiger partial charge is 0.496 e. The zero-order chi connectivity index (χ0) is 21.4. The second-order valence-corrected chi connectivity index (χ2v) is 10.6. The van der Waals surface area contributed by atoms with E-state index in [4.69, 9.17) is 19.0 Å². The zero-order valence-electron chi connectivity index (χ0n) is 19.0. The van der Waals surface area contributed by atoms with Gasteiger partial charge in [0.05, 0.1) is 28.1 Å². The van der Waals surface area contributed by atoms with Crippen molar-refractivity contribution in [3.63, 3.8) is 0 Å². The molecule has 4 nitrogen and oxygen atoms in total. The molecule has 0 radical (unpaired) electrons. The lowest BCUT2D eigenvalue weighted by Gasteiger charge is -2.32. The Morgan fingerprint density at radius 3 is 2.10 bits per heavy atom. The van der Waals surface area contributed by atoms with Crippen molar-refractivity contribution < 1.29 is 14.0 Å². The van der Waals surface area contributed by atoms with Gasteiger partial charge in [0.25, 0.3) is 0 Å². The second-order valence-electron chi connectivity index (χ2n) is 10.6. The van der Waals surface area contributed by atoms with Crippen LogP contribution in [-0.2, 0) is 25.2 Å². The molecule has 30 heavy (non-hydrogen) atoms. The minimum Gasteiger partial charge on any atom is -0.399 e. The third-order valence-electron chi connectivity index (χ3n) is 7.63. The van der Waals surface area contributed by atoms with Gasteiger partial charge in [0.15, 0.2) is 0 Å². The van der Waals surface area contributed by atoms with Crippen LogP contribution >= 0.6 is 0 Å². The first-order valence-electron chi connectivity index (χ1n) is 11.2. The number of rotatable bonds is 2. The average molecular weight is 405 g/mol. The van der Waals surface area contributed by atoms with Crippen LogP contribution in [0.3, 0.4) is 0 Å². The molecule has 2 aliphatic heterocycles. The molecule has 0 unspecified atom stereocenters. The molecule has 1 saturated carbocycles. The van der Waals surface area contributed by atoms with Crippen molar-refractivity contribution in [2.75, 3.05) is 0 Å². The van der Waals surface area contributed by atoms with E-state index in [1.165, 1.54) is 24.0 Å². The van der Waals surface area contributed by atoms with Crippen LogP contribution in [0.15, 0.2) is 36.5 Å². The van der Waals surface area contributed by atoms with E-state index in [0.29, 0.717) is 0 Å². The highest BCUT2D eigenvalue weighted by molar-refractivity contribution is 6.62. The molecule has 2 aromatic rings. The standard InChI is InChI=1S/C25H32BNO3/c1-22(2)20-15-17(9-11-19(20)25(28-22)13-7-8-14-25)21-12-10-18(16-27-21)26-29-23(3,4)24(5,6)30-26/h9-12,15-16H,7-8,13-14H2,1-6H3. The molecule has 1 spiro atoms. The molecular formula is C25H32BNO3. The van der Waals surface area contributed by atoms with Crippen LogP contribution in [0, 0.1) is 0 Å². The van der Waals surface area contributed by atoms with Crippen molar-refractivity contribution in [1.29, 1.82) is 0 Å². The Bertz CT molecular complexity index is 958. The van der Waals surface area contributed by atoms with Crippen molar-refractivity contribution >= 4 is 12.6 Å². The van der Waals surface area contributed by atoms with E-state index in [2.05, 4.69) is 71.9 Å². The van der Waals surface area contributed by atoms with Gasteiger partial charge in [-0.3, -0.25) is 4.98 Å². The van der Waals surface area contributed by atoms with Crippen LogP contribution < -0.4 is 5.46 Å². The number of aromatic nitrogens is 1. The summed E-state index contributed by atoms with van der Waals surface area (Å²) in [7, 11) is -0.383. The molecule has 158 valence electrons. The number of nitrogens with zero attached hydrogens (tertiary/aromatic N) is 1. The molecule has 2 fully saturated rings. The summed E-state index contributed by atoms with van der Waals surface area (Å²) in [5.74, 6) is 0. The molecule has 5 rings (SSSR count). The Labute approximate surface area is 180 Å². The lowest BCUT2D eigenvalue weighted by molar-refractivity contribution is -0.122. The average Bonchev–Trinajstić information content (AvgIpc) is 3.29. The van der Waals surface area contributed by atoms with Crippen LogP contribution in [-0.4, -0.2) is 23.3 Å². The van der Waals surface area contributed by atoms with Gasteiger partial charge in [-0.1, -0.05) is 31.0 Å². The monoisotopic (exact) mass is 405 g/mol. The van der Waals surface area contributed by atoms with E-state index < -0.39 is 0 Å². The van der Waals surface area contributed by atoms with Gasteiger partial charge in [0.2, 0.25) is 0 Å². The van der Waals surface area contributed by atoms with Gasteiger partial charge in [-0.15, -0.1) is 0 Å². The molecule has 1 aromatic heterocycles. The fraction of sp³-hybridized carbons (Fsp3) is 0.560. The first kappa shape index (κ1) is 20.2. The smallest absolute Gasteiger partial charge is 0.399 e. The molecule has 5 heteroatoms. The van der Waals surface area contributed by atoms with Crippen LogP contribution in [0.25, 0.3) is 11.3 Å². The molecule has 0 amide bonds. The van der Waals surface area contributed by atoms with E-state index in [1.807, 2.05) is 6.20 Å². The molecule has 0 N–H and O–H groups in total. The Hall–Kier alpha value is -1.69. The molecule has 3 aliphatic rings. The van der Waals surface area contributed by atoms with Crippen molar-refractivity contribution in [1.82, 2.24) is 4.98 Å². The fourth-order valence-corrected chi connectivity index (χ4v) is 5.21. The highest BCUT2D eigenvalue weighted by Crippen LogP contribution is 2.55. The van der Waals surface area contributed by atoms with E-state index in [9.17, 15) is 0 Å². The molecule has 3 heterocycles. The van der Waals surface area contributed by atoms with Crippen LogP contribution in [0.5, 0.6) is 0 Å². The summed E-state index contributed by atoms with van der Waals surface area (Å²) in [6, 6.07) is 10.9. The molecule has 1 aliphatic carbocycles. The van der Waals surface area contributed by atoms with Gasteiger partial charge in [-0.2, -0.15) is 0 Å². The third kappa shape index (κ3) is 2.97. The Morgan fingerprint density at radius 2 is 1.50 bits per heavy atom. The number of fused-ring (bicyclic) bond motifs is 2. The SMILES string of the molecule is CC1(C)OC2(CCCC2)c2ccc(-c3ccc(B4OC(C)(C)C(C)(C)O4)cn3)cc21.